The zero-order valence-corrected chi connectivity index (χ0v) is 22.2. The molecule has 0 unspecified atom stereocenters. The van der Waals surface area contributed by atoms with Gasteiger partial charge in [0.1, 0.15) is 23.8 Å². The number of ether oxygens (including phenoxy) is 3. The Bertz CT molecular complexity index is 1460. The first kappa shape index (κ1) is 27.6. The molecular weight excluding hydrogens is 522 g/mol. The summed E-state index contributed by atoms with van der Waals surface area (Å²) in [5.41, 5.74) is 0.795. The van der Waals surface area contributed by atoms with Gasteiger partial charge in [-0.15, -0.1) is 0 Å². The fourth-order valence-corrected chi connectivity index (χ4v) is 5.21. The Morgan fingerprint density at radius 3 is 1.89 bits per heavy atom. The Morgan fingerprint density at radius 2 is 1.35 bits per heavy atom. The zero-order valence-electron chi connectivity index (χ0n) is 20.6. The topological polar surface area (TPSA) is 140 Å². The summed E-state index contributed by atoms with van der Waals surface area (Å²) >= 11 is 0. The third-order valence-corrected chi connectivity index (χ3v) is 7.66. The van der Waals surface area contributed by atoms with Crippen LogP contribution in [0.5, 0.6) is 17.2 Å². The van der Waals surface area contributed by atoms with Gasteiger partial charge in [0.2, 0.25) is 15.9 Å². The van der Waals surface area contributed by atoms with Gasteiger partial charge in [-0.2, -0.15) is 0 Å². The van der Waals surface area contributed by atoms with E-state index in [0.29, 0.717) is 17.2 Å². The first-order valence-corrected chi connectivity index (χ1v) is 14.1. The van der Waals surface area contributed by atoms with Crippen molar-refractivity contribution in [2.45, 2.75) is 4.90 Å². The average Bonchev–Trinajstić information content (AvgIpc) is 2.87. The van der Waals surface area contributed by atoms with Gasteiger partial charge in [-0.3, -0.25) is 13.8 Å². The normalized spacial score (nSPS) is 11.4. The Kier molecular flexibility index (Phi) is 8.50. The SMILES string of the molecule is COc1ccc(NS(=O)(=O)c2ccc(NC(=O)CN(c3ccc(OC)cc3OC)S(C)(=O)=O)cc2)cc1. The van der Waals surface area contributed by atoms with E-state index >= 15 is 0 Å². The van der Waals surface area contributed by atoms with Crippen molar-refractivity contribution in [3.63, 3.8) is 0 Å². The zero-order chi connectivity index (χ0) is 27.2. The number of nitrogens with one attached hydrogen (secondary N) is 2. The van der Waals surface area contributed by atoms with Crippen molar-refractivity contribution >= 4 is 43.0 Å². The van der Waals surface area contributed by atoms with Gasteiger partial charge < -0.3 is 19.5 Å². The standard InChI is InChI=1S/C24H27N3O8S2/c1-33-19-9-5-18(6-10-19)26-37(31,32)21-12-7-17(8-13-21)25-24(28)16-27(36(4,29)30)22-14-11-20(34-2)15-23(22)35-3/h5-15,26H,16H2,1-4H3,(H,25,28). The molecule has 3 aromatic rings. The lowest BCUT2D eigenvalue weighted by Gasteiger charge is -2.24. The van der Waals surface area contributed by atoms with Gasteiger partial charge in [-0.1, -0.05) is 0 Å². The van der Waals surface area contributed by atoms with Crippen molar-refractivity contribution in [2.75, 3.05) is 48.5 Å². The number of nitrogens with zero attached hydrogens (tertiary/aromatic N) is 1. The van der Waals surface area contributed by atoms with E-state index in [1.165, 1.54) is 57.7 Å². The van der Waals surface area contributed by atoms with Gasteiger partial charge in [-0.05, 0) is 60.7 Å². The molecule has 198 valence electrons. The second-order valence-corrected chi connectivity index (χ2v) is 11.3. The highest BCUT2D eigenvalue weighted by Crippen LogP contribution is 2.33. The first-order valence-electron chi connectivity index (χ1n) is 10.7. The second kappa shape index (κ2) is 11.4. The van der Waals surface area contributed by atoms with Gasteiger partial charge in [0.15, 0.2) is 0 Å². The summed E-state index contributed by atoms with van der Waals surface area (Å²) in [7, 11) is -3.40. The minimum absolute atomic E-state index is 0.0259. The average molecular weight is 550 g/mol. The van der Waals surface area contributed by atoms with E-state index in [4.69, 9.17) is 14.2 Å². The lowest BCUT2D eigenvalue weighted by Crippen LogP contribution is -2.37. The van der Waals surface area contributed by atoms with Gasteiger partial charge in [0.05, 0.1) is 38.2 Å². The Labute approximate surface area is 216 Å². The fourth-order valence-electron chi connectivity index (χ4n) is 3.29. The number of carbonyl (C=O) groups is 1. The Balaban J connectivity index is 1.73. The number of methoxy groups -OCH3 is 3. The molecule has 2 N–H and O–H groups in total. The minimum atomic E-state index is -3.88. The number of hydrogen-bond donors (Lipinski definition) is 2. The lowest BCUT2D eigenvalue weighted by atomic mass is 10.2. The van der Waals surface area contributed by atoms with Crippen LogP contribution in [0.25, 0.3) is 0 Å². The maximum absolute atomic E-state index is 12.7. The van der Waals surface area contributed by atoms with E-state index < -0.39 is 32.5 Å². The number of benzene rings is 3. The van der Waals surface area contributed by atoms with Crippen LogP contribution >= 0.6 is 0 Å². The summed E-state index contributed by atoms with van der Waals surface area (Å²) < 4.78 is 69.1. The van der Waals surface area contributed by atoms with Gasteiger partial charge in [0, 0.05) is 17.4 Å². The quantitative estimate of drug-likeness (QED) is 0.372. The molecule has 0 fully saturated rings. The Morgan fingerprint density at radius 1 is 0.784 bits per heavy atom. The van der Waals surface area contributed by atoms with E-state index in [9.17, 15) is 21.6 Å². The fraction of sp³-hybridized carbons (Fsp3) is 0.208. The largest absolute Gasteiger partial charge is 0.497 e. The summed E-state index contributed by atoms with van der Waals surface area (Å²) in [6.07, 6.45) is 0.972. The number of rotatable bonds is 11. The monoisotopic (exact) mass is 549 g/mol. The summed E-state index contributed by atoms with van der Waals surface area (Å²) in [6.45, 7) is -0.541. The molecule has 0 aliphatic heterocycles. The van der Waals surface area contributed by atoms with Crippen LogP contribution in [-0.4, -0.2) is 56.9 Å². The number of amides is 1. The van der Waals surface area contributed by atoms with Crippen LogP contribution in [0.4, 0.5) is 17.1 Å². The molecule has 0 saturated carbocycles. The molecule has 3 aromatic carbocycles. The van der Waals surface area contributed by atoms with Crippen LogP contribution in [0, 0.1) is 0 Å². The van der Waals surface area contributed by atoms with E-state index in [1.54, 1.807) is 30.3 Å². The smallest absolute Gasteiger partial charge is 0.261 e. The highest BCUT2D eigenvalue weighted by molar-refractivity contribution is 7.92. The van der Waals surface area contributed by atoms with Crippen LogP contribution in [-0.2, 0) is 24.8 Å². The molecule has 0 aromatic heterocycles. The van der Waals surface area contributed by atoms with Crippen LogP contribution in [0.1, 0.15) is 0 Å². The summed E-state index contributed by atoms with van der Waals surface area (Å²) in [4.78, 5) is 12.7. The molecule has 11 nitrogen and oxygen atoms in total. The molecule has 1 amide bonds. The third-order valence-electron chi connectivity index (χ3n) is 5.13. The van der Waals surface area contributed by atoms with Crippen molar-refractivity contribution in [1.82, 2.24) is 0 Å². The first-order chi connectivity index (χ1) is 17.5. The third kappa shape index (κ3) is 7.05. The molecule has 3 rings (SSSR count). The van der Waals surface area contributed by atoms with Crippen molar-refractivity contribution in [1.29, 1.82) is 0 Å². The van der Waals surface area contributed by atoms with Crippen LogP contribution in [0.15, 0.2) is 71.6 Å². The highest BCUT2D eigenvalue weighted by atomic mass is 32.2. The highest BCUT2D eigenvalue weighted by Gasteiger charge is 2.24. The molecule has 0 atom stereocenters. The molecular formula is C24H27N3O8S2. The van der Waals surface area contributed by atoms with Crippen molar-refractivity contribution < 1.29 is 35.8 Å². The van der Waals surface area contributed by atoms with Gasteiger partial charge >= 0.3 is 0 Å². The number of sulfonamides is 2. The van der Waals surface area contributed by atoms with E-state index in [2.05, 4.69) is 10.0 Å². The summed E-state index contributed by atoms with van der Waals surface area (Å²) in [6, 6.07) is 16.4. The molecule has 0 heterocycles. The lowest BCUT2D eigenvalue weighted by molar-refractivity contribution is -0.114. The van der Waals surface area contributed by atoms with Crippen LogP contribution in [0.2, 0.25) is 0 Å². The summed E-state index contributed by atoms with van der Waals surface area (Å²) in [5.74, 6) is 0.602. The number of carbonyl (C=O) groups excluding carboxylic acids is 1. The van der Waals surface area contributed by atoms with E-state index in [-0.39, 0.29) is 22.0 Å². The molecule has 13 heteroatoms. The maximum Gasteiger partial charge on any atom is 0.261 e. The van der Waals surface area contributed by atoms with Crippen molar-refractivity contribution in [2.24, 2.45) is 0 Å². The molecule has 0 spiro atoms. The van der Waals surface area contributed by atoms with Crippen molar-refractivity contribution in [3.05, 3.63) is 66.7 Å². The van der Waals surface area contributed by atoms with Crippen LogP contribution in [0.3, 0.4) is 0 Å². The van der Waals surface area contributed by atoms with Crippen LogP contribution < -0.4 is 28.6 Å². The molecule has 0 bridgehead atoms. The van der Waals surface area contributed by atoms with E-state index in [0.717, 1.165) is 10.6 Å². The molecule has 0 aliphatic carbocycles. The minimum Gasteiger partial charge on any atom is -0.497 e. The van der Waals surface area contributed by atoms with E-state index in [1.807, 2.05) is 0 Å². The van der Waals surface area contributed by atoms with Gasteiger partial charge in [-0.25, -0.2) is 16.8 Å². The number of hydrogen-bond acceptors (Lipinski definition) is 8. The summed E-state index contributed by atoms with van der Waals surface area (Å²) in [5, 5.41) is 2.58. The van der Waals surface area contributed by atoms with Crippen molar-refractivity contribution in [3.8, 4) is 17.2 Å². The maximum atomic E-state index is 12.7. The molecule has 0 saturated heterocycles. The molecule has 0 aliphatic rings. The number of anilines is 3. The predicted molar refractivity (Wildman–Crippen MR) is 141 cm³/mol. The Hall–Kier alpha value is -3.97. The van der Waals surface area contributed by atoms with Gasteiger partial charge in [0.25, 0.3) is 10.0 Å². The molecule has 37 heavy (non-hydrogen) atoms. The predicted octanol–water partition coefficient (Wildman–Crippen LogP) is 2.92. The second-order valence-electron chi connectivity index (χ2n) is 7.71. The molecule has 0 radical (unpaired) electrons.